The first-order valence-corrected chi connectivity index (χ1v) is 8.05. The molecule has 0 radical (unpaired) electrons. The number of Topliss-reactive ketones (excluding diaryl/α,β-unsaturated/α-hetero) is 1. The molecule has 1 aromatic carbocycles. The molecule has 4 nitrogen and oxygen atoms in total. The monoisotopic (exact) mass is 317 g/mol. The third-order valence-electron chi connectivity index (χ3n) is 4.27. The van der Waals surface area contributed by atoms with Crippen molar-refractivity contribution in [2.24, 2.45) is 5.92 Å². The van der Waals surface area contributed by atoms with Gasteiger partial charge >= 0.3 is 0 Å². The minimum Gasteiger partial charge on any atom is -0.337 e. The van der Waals surface area contributed by atoms with Gasteiger partial charge in [-0.2, -0.15) is 0 Å². The fraction of sp³-hybridized carbons (Fsp3) is 0.412. The molecule has 1 aliphatic rings. The van der Waals surface area contributed by atoms with Gasteiger partial charge in [0.1, 0.15) is 0 Å². The Morgan fingerprint density at radius 2 is 1.95 bits per heavy atom. The van der Waals surface area contributed by atoms with Crippen LogP contribution in [-0.4, -0.2) is 39.9 Å². The molecule has 0 aliphatic carbocycles. The van der Waals surface area contributed by atoms with Crippen molar-refractivity contribution in [2.75, 3.05) is 19.6 Å². The van der Waals surface area contributed by atoms with Gasteiger partial charge in [0.2, 0.25) is 0 Å². The molecular weight excluding hydrogens is 298 g/mol. The first-order chi connectivity index (χ1) is 10.7. The molecule has 0 atom stereocenters. The summed E-state index contributed by atoms with van der Waals surface area (Å²) in [6, 6.07) is 7.14. The Morgan fingerprint density at radius 1 is 1.23 bits per heavy atom. The van der Waals surface area contributed by atoms with Gasteiger partial charge in [-0.05, 0) is 56.1 Å². The predicted octanol–water partition coefficient (Wildman–Crippen LogP) is 3.13. The summed E-state index contributed by atoms with van der Waals surface area (Å²) in [7, 11) is 0. The second kappa shape index (κ2) is 7.07. The average molecular weight is 318 g/mol. The fourth-order valence-corrected chi connectivity index (χ4v) is 3.08. The Bertz CT molecular complexity index is 601. The van der Waals surface area contributed by atoms with Crippen LogP contribution in [0.3, 0.4) is 0 Å². The zero-order chi connectivity index (χ0) is 15.4. The van der Waals surface area contributed by atoms with Crippen molar-refractivity contribution in [1.29, 1.82) is 0 Å². The van der Waals surface area contributed by atoms with Crippen LogP contribution >= 0.6 is 11.6 Å². The molecule has 0 saturated carbocycles. The normalized spacial score (nSPS) is 16.8. The Labute approximate surface area is 135 Å². The lowest BCUT2D eigenvalue weighted by molar-refractivity contribution is 0.0890. The van der Waals surface area contributed by atoms with Crippen LogP contribution in [-0.2, 0) is 6.54 Å². The zero-order valence-corrected chi connectivity index (χ0v) is 13.2. The second-order valence-electron chi connectivity index (χ2n) is 5.91. The molecule has 2 aromatic rings. The SMILES string of the molecule is O=C(CN1CCC(Cn2ccnc2)CC1)c1ccc(Cl)cc1. The van der Waals surface area contributed by atoms with Crippen molar-refractivity contribution < 1.29 is 4.79 Å². The fourth-order valence-electron chi connectivity index (χ4n) is 2.95. The summed E-state index contributed by atoms with van der Waals surface area (Å²) in [6.45, 7) is 3.50. The topological polar surface area (TPSA) is 38.1 Å². The van der Waals surface area contributed by atoms with Crippen LogP contribution in [0.4, 0.5) is 0 Å². The number of aromatic nitrogens is 2. The number of piperidine rings is 1. The van der Waals surface area contributed by atoms with Crippen LogP contribution in [0.1, 0.15) is 23.2 Å². The van der Waals surface area contributed by atoms with Gasteiger partial charge in [0.15, 0.2) is 5.78 Å². The quantitative estimate of drug-likeness (QED) is 0.795. The van der Waals surface area contributed by atoms with Crippen molar-refractivity contribution in [3.63, 3.8) is 0 Å². The van der Waals surface area contributed by atoms with Gasteiger partial charge in [0, 0.05) is 29.5 Å². The number of imidazole rings is 1. The minimum atomic E-state index is 0.171. The summed E-state index contributed by atoms with van der Waals surface area (Å²) >= 11 is 5.85. The van der Waals surface area contributed by atoms with Gasteiger partial charge in [-0.1, -0.05) is 11.6 Å². The highest BCUT2D eigenvalue weighted by atomic mass is 35.5. The maximum Gasteiger partial charge on any atom is 0.176 e. The summed E-state index contributed by atoms with van der Waals surface area (Å²) in [5.41, 5.74) is 0.741. The summed E-state index contributed by atoms with van der Waals surface area (Å²) in [4.78, 5) is 18.6. The van der Waals surface area contributed by atoms with Crippen LogP contribution < -0.4 is 0 Å². The highest BCUT2D eigenvalue weighted by molar-refractivity contribution is 6.30. The average Bonchev–Trinajstić information content (AvgIpc) is 3.03. The van der Waals surface area contributed by atoms with E-state index in [-0.39, 0.29) is 5.78 Å². The van der Waals surface area contributed by atoms with E-state index in [9.17, 15) is 4.79 Å². The molecule has 1 aromatic heterocycles. The number of carbonyl (C=O) groups is 1. The van der Waals surface area contributed by atoms with E-state index in [1.165, 1.54) is 0 Å². The van der Waals surface area contributed by atoms with E-state index in [0.717, 1.165) is 38.0 Å². The van der Waals surface area contributed by atoms with Crippen LogP contribution in [0.15, 0.2) is 43.0 Å². The number of rotatable bonds is 5. The maximum absolute atomic E-state index is 12.3. The molecule has 116 valence electrons. The van der Waals surface area contributed by atoms with Crippen LogP contribution in [0.5, 0.6) is 0 Å². The van der Waals surface area contributed by atoms with Crippen LogP contribution in [0, 0.1) is 5.92 Å². The highest BCUT2D eigenvalue weighted by Crippen LogP contribution is 2.19. The third kappa shape index (κ3) is 3.96. The number of carbonyl (C=O) groups excluding carboxylic acids is 1. The number of ketones is 1. The number of hydrogen-bond donors (Lipinski definition) is 0. The highest BCUT2D eigenvalue weighted by Gasteiger charge is 2.21. The van der Waals surface area contributed by atoms with Crippen molar-refractivity contribution in [1.82, 2.24) is 14.5 Å². The Hall–Kier alpha value is -1.65. The molecule has 1 saturated heterocycles. The van der Waals surface area contributed by atoms with Crippen LogP contribution in [0.25, 0.3) is 0 Å². The molecule has 3 rings (SSSR count). The lowest BCUT2D eigenvalue weighted by Gasteiger charge is -2.31. The molecule has 1 fully saturated rings. The summed E-state index contributed by atoms with van der Waals surface area (Å²) in [5, 5.41) is 0.664. The lowest BCUT2D eigenvalue weighted by atomic mass is 9.96. The van der Waals surface area contributed by atoms with E-state index in [1.54, 1.807) is 24.3 Å². The maximum atomic E-state index is 12.3. The van der Waals surface area contributed by atoms with Gasteiger partial charge in [-0.15, -0.1) is 0 Å². The summed E-state index contributed by atoms with van der Waals surface area (Å²) in [5.74, 6) is 0.848. The Morgan fingerprint density at radius 3 is 2.59 bits per heavy atom. The molecule has 0 N–H and O–H groups in total. The van der Waals surface area contributed by atoms with E-state index in [2.05, 4.69) is 14.5 Å². The number of likely N-dealkylation sites (tertiary alicyclic amines) is 1. The second-order valence-corrected chi connectivity index (χ2v) is 6.35. The molecule has 0 spiro atoms. The molecule has 0 bridgehead atoms. The van der Waals surface area contributed by atoms with Gasteiger partial charge in [-0.3, -0.25) is 9.69 Å². The number of nitrogens with zero attached hydrogens (tertiary/aromatic N) is 3. The molecule has 22 heavy (non-hydrogen) atoms. The molecule has 1 aliphatic heterocycles. The number of benzene rings is 1. The largest absolute Gasteiger partial charge is 0.337 e. The molecule has 0 amide bonds. The summed E-state index contributed by atoms with van der Waals surface area (Å²) < 4.78 is 2.14. The van der Waals surface area contributed by atoms with E-state index < -0.39 is 0 Å². The van der Waals surface area contributed by atoms with Gasteiger partial charge in [-0.25, -0.2) is 4.98 Å². The minimum absolute atomic E-state index is 0.171. The van der Waals surface area contributed by atoms with Crippen molar-refractivity contribution in [2.45, 2.75) is 19.4 Å². The summed E-state index contributed by atoms with van der Waals surface area (Å²) in [6.07, 6.45) is 7.96. The Kier molecular flexibility index (Phi) is 4.90. The molecule has 5 heteroatoms. The number of halogens is 1. The standard InChI is InChI=1S/C17H20ClN3O/c18-16-3-1-15(2-4-16)17(22)12-20-8-5-14(6-9-20)11-21-10-7-19-13-21/h1-4,7,10,13-14H,5-6,8-9,11-12H2. The van der Waals surface area contributed by atoms with Gasteiger partial charge < -0.3 is 4.57 Å². The van der Waals surface area contributed by atoms with E-state index in [0.29, 0.717) is 17.5 Å². The lowest BCUT2D eigenvalue weighted by Crippen LogP contribution is -2.38. The first-order valence-electron chi connectivity index (χ1n) is 7.67. The van der Waals surface area contributed by atoms with E-state index in [1.807, 2.05) is 18.7 Å². The van der Waals surface area contributed by atoms with Crippen molar-refractivity contribution >= 4 is 17.4 Å². The number of hydrogen-bond acceptors (Lipinski definition) is 3. The van der Waals surface area contributed by atoms with E-state index >= 15 is 0 Å². The smallest absolute Gasteiger partial charge is 0.176 e. The third-order valence-corrected chi connectivity index (χ3v) is 4.52. The first kappa shape index (κ1) is 15.3. The van der Waals surface area contributed by atoms with E-state index in [4.69, 9.17) is 11.6 Å². The predicted molar refractivity (Wildman–Crippen MR) is 87.2 cm³/mol. The molecule has 2 heterocycles. The van der Waals surface area contributed by atoms with Gasteiger partial charge in [0.05, 0.1) is 12.9 Å². The molecular formula is C17H20ClN3O. The van der Waals surface area contributed by atoms with Crippen molar-refractivity contribution in [3.8, 4) is 0 Å². The Balaban J connectivity index is 1.47. The molecule has 0 unspecified atom stereocenters. The van der Waals surface area contributed by atoms with Gasteiger partial charge in [0.25, 0.3) is 0 Å². The zero-order valence-electron chi connectivity index (χ0n) is 12.5. The van der Waals surface area contributed by atoms with Crippen molar-refractivity contribution in [3.05, 3.63) is 53.6 Å². The van der Waals surface area contributed by atoms with Crippen LogP contribution in [0.2, 0.25) is 5.02 Å².